The van der Waals surface area contributed by atoms with Crippen molar-refractivity contribution in [3.05, 3.63) is 47.2 Å². The van der Waals surface area contributed by atoms with Crippen LogP contribution >= 0.6 is 0 Å². The van der Waals surface area contributed by atoms with E-state index in [0.29, 0.717) is 12.2 Å². The summed E-state index contributed by atoms with van der Waals surface area (Å²) in [6, 6.07) is 8.02. The molecule has 0 unspecified atom stereocenters. The highest BCUT2D eigenvalue weighted by molar-refractivity contribution is 5.94. The van der Waals surface area contributed by atoms with Gasteiger partial charge in [-0.25, -0.2) is 9.78 Å². The van der Waals surface area contributed by atoms with Crippen LogP contribution in [0.4, 0.5) is 0 Å². The third-order valence-electron chi connectivity index (χ3n) is 4.53. The fraction of sp³-hybridized carbons (Fsp3) is 0.429. The number of benzene rings is 1. The second-order valence-corrected chi connectivity index (χ2v) is 7.62. The Morgan fingerprint density at radius 3 is 2.72 bits per heavy atom. The Morgan fingerprint density at radius 1 is 1.28 bits per heavy atom. The summed E-state index contributed by atoms with van der Waals surface area (Å²) in [5.41, 5.74) is 5.36. The molecule has 4 heteroatoms. The molecule has 25 heavy (non-hydrogen) atoms. The average molecular weight is 338 g/mol. The summed E-state index contributed by atoms with van der Waals surface area (Å²) in [6.07, 6.45) is 3.93. The minimum atomic E-state index is -0.260. The van der Waals surface area contributed by atoms with Crippen LogP contribution in [0.1, 0.15) is 62.0 Å². The predicted octanol–water partition coefficient (Wildman–Crippen LogP) is 5.05. The molecule has 2 aromatic heterocycles. The second kappa shape index (κ2) is 6.51. The summed E-state index contributed by atoms with van der Waals surface area (Å²) >= 11 is 0. The van der Waals surface area contributed by atoms with Crippen LogP contribution < -0.4 is 0 Å². The van der Waals surface area contributed by atoms with Crippen LogP contribution in [-0.2, 0) is 10.2 Å². The monoisotopic (exact) mass is 338 g/mol. The van der Waals surface area contributed by atoms with Crippen LogP contribution in [0, 0.1) is 6.92 Å². The predicted molar refractivity (Wildman–Crippen MR) is 101 cm³/mol. The van der Waals surface area contributed by atoms with Crippen molar-refractivity contribution < 1.29 is 9.53 Å². The normalized spacial score (nSPS) is 12.0. The number of rotatable bonds is 4. The summed E-state index contributed by atoms with van der Waals surface area (Å²) < 4.78 is 7.55. The van der Waals surface area contributed by atoms with E-state index in [2.05, 4.69) is 51.2 Å². The van der Waals surface area contributed by atoms with Crippen molar-refractivity contribution in [1.29, 1.82) is 0 Å². The molecule has 0 spiro atoms. The zero-order chi connectivity index (χ0) is 18.2. The number of aromatic nitrogens is 2. The summed E-state index contributed by atoms with van der Waals surface area (Å²) in [5.74, 6) is -0.260. The zero-order valence-corrected chi connectivity index (χ0v) is 15.7. The Morgan fingerprint density at radius 2 is 2.04 bits per heavy atom. The number of carbonyl (C=O) groups excluding carboxylic acids is 1. The van der Waals surface area contributed by atoms with Gasteiger partial charge < -0.3 is 4.74 Å². The molecule has 2 heterocycles. The Balaban J connectivity index is 2.19. The van der Waals surface area contributed by atoms with Gasteiger partial charge in [0.2, 0.25) is 0 Å². The summed E-state index contributed by atoms with van der Waals surface area (Å²) in [6.45, 7) is 10.9. The van der Waals surface area contributed by atoms with E-state index in [1.165, 1.54) is 0 Å². The number of aryl methyl sites for hydroxylation is 1. The molecule has 0 radical (unpaired) electrons. The third-order valence-corrected chi connectivity index (χ3v) is 4.53. The average Bonchev–Trinajstić information content (AvgIpc) is 2.92. The van der Waals surface area contributed by atoms with Gasteiger partial charge in [0.05, 0.1) is 23.2 Å². The number of nitrogens with zero attached hydrogens (tertiary/aromatic N) is 2. The number of unbranched alkanes of at least 4 members (excludes halogenated alkanes) is 1. The number of para-hydroxylation sites is 1. The molecule has 3 aromatic rings. The van der Waals surface area contributed by atoms with Crippen molar-refractivity contribution in [2.45, 2.75) is 52.9 Å². The van der Waals surface area contributed by atoms with Crippen molar-refractivity contribution in [2.75, 3.05) is 6.61 Å². The van der Waals surface area contributed by atoms with Crippen LogP contribution in [0.5, 0.6) is 0 Å². The van der Waals surface area contributed by atoms with Gasteiger partial charge in [-0.1, -0.05) is 46.2 Å². The lowest BCUT2D eigenvalue weighted by molar-refractivity contribution is 0.0497. The molecule has 1 aromatic carbocycles. The summed E-state index contributed by atoms with van der Waals surface area (Å²) in [4.78, 5) is 17.4. The van der Waals surface area contributed by atoms with Crippen LogP contribution in [0.25, 0.3) is 16.7 Å². The number of fused-ring (bicyclic) bond motifs is 3. The molecule has 4 nitrogen and oxygen atoms in total. The molecule has 0 N–H and O–H groups in total. The smallest absolute Gasteiger partial charge is 0.338 e. The number of hydrogen-bond acceptors (Lipinski definition) is 3. The topological polar surface area (TPSA) is 43.6 Å². The number of ether oxygens (including phenoxy) is 1. The first-order chi connectivity index (χ1) is 11.8. The molecule has 3 rings (SSSR count). The van der Waals surface area contributed by atoms with Gasteiger partial charge >= 0.3 is 5.97 Å². The third kappa shape index (κ3) is 3.26. The van der Waals surface area contributed by atoms with E-state index in [0.717, 1.165) is 40.6 Å². The quantitative estimate of drug-likeness (QED) is 0.494. The highest BCUT2D eigenvalue weighted by Gasteiger charge is 2.25. The number of pyridine rings is 1. The highest BCUT2D eigenvalue weighted by atomic mass is 16.5. The molecule has 0 saturated carbocycles. The standard InChI is InChI=1S/C21H26N2O2/c1-6-7-11-25-20(24)15-12-18-22-19-14(2)9-8-10-17(19)23(18)13-16(15)21(3,4)5/h8-10,12-13H,6-7,11H2,1-5H3. The van der Waals surface area contributed by atoms with Crippen molar-refractivity contribution in [3.8, 4) is 0 Å². The van der Waals surface area contributed by atoms with E-state index in [1.54, 1.807) is 0 Å². The number of imidazole rings is 1. The minimum absolute atomic E-state index is 0.173. The SMILES string of the molecule is CCCCOC(=O)c1cc2nc3c(C)cccc3n2cc1C(C)(C)C. The first kappa shape index (κ1) is 17.5. The summed E-state index contributed by atoms with van der Waals surface area (Å²) in [7, 11) is 0. The molecular formula is C21H26N2O2. The lowest BCUT2D eigenvalue weighted by Gasteiger charge is -2.22. The van der Waals surface area contributed by atoms with Crippen LogP contribution in [0.2, 0.25) is 0 Å². The van der Waals surface area contributed by atoms with E-state index in [4.69, 9.17) is 9.72 Å². The fourth-order valence-corrected chi connectivity index (χ4v) is 3.07. The highest BCUT2D eigenvalue weighted by Crippen LogP contribution is 2.30. The number of carbonyl (C=O) groups is 1. The Labute approximate surface area is 148 Å². The van der Waals surface area contributed by atoms with E-state index < -0.39 is 0 Å². The lowest BCUT2D eigenvalue weighted by atomic mass is 9.85. The van der Waals surface area contributed by atoms with E-state index in [9.17, 15) is 4.79 Å². The Hall–Kier alpha value is -2.36. The van der Waals surface area contributed by atoms with Crippen molar-refractivity contribution in [2.24, 2.45) is 0 Å². The van der Waals surface area contributed by atoms with Gasteiger partial charge in [0.25, 0.3) is 0 Å². The molecule has 0 aliphatic carbocycles. The molecule has 0 saturated heterocycles. The fourth-order valence-electron chi connectivity index (χ4n) is 3.07. The molecule has 0 atom stereocenters. The number of hydrogen-bond donors (Lipinski definition) is 0. The maximum absolute atomic E-state index is 12.7. The maximum Gasteiger partial charge on any atom is 0.338 e. The van der Waals surface area contributed by atoms with E-state index >= 15 is 0 Å². The largest absolute Gasteiger partial charge is 0.462 e. The molecule has 0 bridgehead atoms. The molecule has 0 amide bonds. The zero-order valence-electron chi connectivity index (χ0n) is 15.7. The van der Waals surface area contributed by atoms with Crippen molar-refractivity contribution in [1.82, 2.24) is 9.38 Å². The summed E-state index contributed by atoms with van der Waals surface area (Å²) in [5, 5.41) is 0. The van der Waals surface area contributed by atoms with Crippen molar-refractivity contribution in [3.63, 3.8) is 0 Å². The Kier molecular flexibility index (Phi) is 4.55. The van der Waals surface area contributed by atoms with Gasteiger partial charge in [-0.2, -0.15) is 0 Å². The van der Waals surface area contributed by atoms with Crippen LogP contribution in [0.3, 0.4) is 0 Å². The molecular weight excluding hydrogens is 312 g/mol. The van der Waals surface area contributed by atoms with Gasteiger partial charge in [0.15, 0.2) is 0 Å². The minimum Gasteiger partial charge on any atom is -0.462 e. The maximum atomic E-state index is 12.7. The van der Waals surface area contributed by atoms with Crippen molar-refractivity contribution >= 4 is 22.6 Å². The van der Waals surface area contributed by atoms with Gasteiger partial charge in [0, 0.05) is 6.20 Å². The molecule has 0 fully saturated rings. The van der Waals surface area contributed by atoms with Gasteiger partial charge in [-0.15, -0.1) is 0 Å². The van der Waals surface area contributed by atoms with Crippen LogP contribution in [0.15, 0.2) is 30.5 Å². The van der Waals surface area contributed by atoms with E-state index in [1.807, 2.05) is 18.3 Å². The van der Waals surface area contributed by atoms with Gasteiger partial charge in [0.1, 0.15) is 5.65 Å². The first-order valence-corrected chi connectivity index (χ1v) is 8.92. The lowest BCUT2D eigenvalue weighted by Crippen LogP contribution is -2.19. The first-order valence-electron chi connectivity index (χ1n) is 8.92. The van der Waals surface area contributed by atoms with Crippen LogP contribution in [-0.4, -0.2) is 22.0 Å². The van der Waals surface area contributed by atoms with Gasteiger partial charge in [-0.05, 0) is 42.0 Å². The Bertz CT molecular complexity index is 932. The van der Waals surface area contributed by atoms with Gasteiger partial charge in [-0.3, -0.25) is 4.40 Å². The molecule has 0 aliphatic heterocycles. The molecule has 0 aliphatic rings. The molecule has 132 valence electrons. The van der Waals surface area contributed by atoms with E-state index in [-0.39, 0.29) is 11.4 Å². The number of esters is 1. The second-order valence-electron chi connectivity index (χ2n) is 7.62.